The van der Waals surface area contributed by atoms with Gasteiger partial charge in [-0.15, -0.1) is 4.31 Å². The average Bonchev–Trinajstić information content (AvgIpc) is 2.95. The zero-order valence-corrected chi connectivity index (χ0v) is 17.7. The molecule has 2 atom stereocenters. The molecule has 2 aromatic rings. The van der Waals surface area contributed by atoms with Crippen molar-refractivity contribution in [3.8, 4) is 0 Å². The van der Waals surface area contributed by atoms with Crippen LogP contribution >= 0.6 is 0 Å². The van der Waals surface area contributed by atoms with Gasteiger partial charge in [-0.3, -0.25) is 0 Å². The first-order valence-electron chi connectivity index (χ1n) is 10.1. The van der Waals surface area contributed by atoms with Crippen molar-refractivity contribution >= 4 is 10.4 Å². The van der Waals surface area contributed by atoms with Gasteiger partial charge >= 0.3 is 0 Å². The molecule has 0 amide bonds. The average molecular weight is 399 g/mol. The molecule has 5 heteroatoms. The second-order valence-electron chi connectivity index (χ2n) is 8.74. The predicted molar refractivity (Wildman–Crippen MR) is 114 cm³/mol. The van der Waals surface area contributed by atoms with Crippen LogP contribution in [0.4, 0.5) is 0 Å². The third-order valence-electron chi connectivity index (χ3n) is 6.37. The molecule has 2 aliphatic heterocycles. The Bertz CT molecular complexity index is 876. The first kappa shape index (κ1) is 19.8. The largest absolute Gasteiger partial charge is 0.598 e. The van der Waals surface area contributed by atoms with Crippen molar-refractivity contribution in [1.82, 2.24) is 9.21 Å². The Labute approximate surface area is 169 Å². The van der Waals surface area contributed by atoms with Crippen molar-refractivity contribution in [2.75, 3.05) is 32.4 Å². The van der Waals surface area contributed by atoms with E-state index < -0.39 is 10.4 Å². The second-order valence-corrected chi connectivity index (χ2v) is 10.7. The summed E-state index contributed by atoms with van der Waals surface area (Å²) in [6.07, 6.45) is 4.42. The molecule has 0 bridgehead atoms. The minimum absolute atomic E-state index is 0.0168. The van der Waals surface area contributed by atoms with Gasteiger partial charge in [-0.05, 0) is 49.4 Å². The van der Waals surface area contributed by atoms with Crippen LogP contribution in [0.3, 0.4) is 0 Å². The van der Waals surface area contributed by atoms with E-state index in [-0.39, 0.29) is 5.41 Å². The van der Waals surface area contributed by atoms with Crippen molar-refractivity contribution in [2.24, 2.45) is 5.41 Å². The zero-order chi connectivity index (χ0) is 19.8. The SMILES string of the molecule is Cc1ccc(CCN2CCC3(Cc4ccccc4CN([S+](C)(=O)[O-])C3)C2)cc1. The lowest BCUT2D eigenvalue weighted by Crippen LogP contribution is -2.44. The fraction of sp³-hybridized carbons (Fsp3) is 0.478. The lowest BCUT2D eigenvalue weighted by Gasteiger charge is -2.33. The molecule has 2 unspecified atom stereocenters. The van der Waals surface area contributed by atoms with Crippen LogP contribution in [0.5, 0.6) is 0 Å². The predicted octanol–water partition coefficient (Wildman–Crippen LogP) is 3.46. The van der Waals surface area contributed by atoms with Gasteiger partial charge in [-0.1, -0.05) is 58.3 Å². The molecule has 28 heavy (non-hydrogen) atoms. The van der Waals surface area contributed by atoms with Crippen molar-refractivity contribution in [3.63, 3.8) is 0 Å². The highest BCUT2D eigenvalue weighted by molar-refractivity contribution is 7.94. The van der Waals surface area contributed by atoms with E-state index in [2.05, 4.69) is 54.3 Å². The van der Waals surface area contributed by atoms with Crippen LogP contribution in [0, 0.1) is 12.3 Å². The highest BCUT2D eigenvalue weighted by Gasteiger charge is 2.44. The minimum Gasteiger partial charge on any atom is -0.598 e. The number of hydrogen-bond acceptors (Lipinski definition) is 3. The highest BCUT2D eigenvalue weighted by atomic mass is 32.3. The van der Waals surface area contributed by atoms with E-state index in [4.69, 9.17) is 0 Å². The normalized spacial score (nSPS) is 25.4. The molecule has 2 heterocycles. The number of aryl methyl sites for hydroxylation is 1. The number of nitrogens with zero attached hydrogens (tertiary/aromatic N) is 2. The number of sulfonamides is 1. The molecule has 2 aromatic carbocycles. The molecule has 0 saturated carbocycles. The maximum Gasteiger partial charge on any atom is 0.122 e. The van der Waals surface area contributed by atoms with Crippen molar-refractivity contribution < 1.29 is 8.76 Å². The summed E-state index contributed by atoms with van der Waals surface area (Å²) in [5.74, 6) is 0. The monoisotopic (exact) mass is 398 g/mol. The Morgan fingerprint density at radius 2 is 1.79 bits per heavy atom. The number of likely N-dealkylation sites (tertiary alicyclic amines) is 1. The Balaban J connectivity index is 1.50. The molecular weight excluding hydrogens is 368 g/mol. The van der Waals surface area contributed by atoms with Gasteiger partial charge in [0.1, 0.15) is 16.7 Å². The van der Waals surface area contributed by atoms with Crippen molar-refractivity contribution in [3.05, 3.63) is 70.8 Å². The van der Waals surface area contributed by atoms with Gasteiger partial charge in [0.25, 0.3) is 0 Å². The fourth-order valence-corrected chi connectivity index (χ4v) is 5.61. The van der Waals surface area contributed by atoms with E-state index in [1.54, 1.807) is 4.31 Å². The molecule has 1 spiro atoms. The summed E-state index contributed by atoms with van der Waals surface area (Å²) in [4.78, 5) is 2.52. The van der Waals surface area contributed by atoms with Gasteiger partial charge in [0.2, 0.25) is 0 Å². The molecule has 0 aliphatic carbocycles. The molecule has 150 valence electrons. The van der Waals surface area contributed by atoms with Gasteiger partial charge < -0.3 is 9.45 Å². The van der Waals surface area contributed by atoms with Gasteiger partial charge in [0.15, 0.2) is 0 Å². The van der Waals surface area contributed by atoms with Crippen LogP contribution in [-0.4, -0.2) is 46.2 Å². The maximum absolute atomic E-state index is 12.4. The number of hydrogen-bond donors (Lipinski definition) is 0. The lowest BCUT2D eigenvalue weighted by molar-refractivity contribution is 0.203. The second kappa shape index (κ2) is 7.71. The summed E-state index contributed by atoms with van der Waals surface area (Å²) >= 11 is 0. The molecule has 0 N–H and O–H groups in total. The minimum atomic E-state index is -3.22. The van der Waals surface area contributed by atoms with Crippen LogP contribution in [0.15, 0.2) is 48.5 Å². The first-order chi connectivity index (χ1) is 13.3. The third-order valence-corrected chi connectivity index (χ3v) is 7.56. The van der Waals surface area contributed by atoms with Crippen LogP contribution < -0.4 is 0 Å². The van der Waals surface area contributed by atoms with Gasteiger partial charge in [-0.25, -0.2) is 0 Å². The van der Waals surface area contributed by atoms with E-state index in [1.807, 2.05) is 6.07 Å². The summed E-state index contributed by atoms with van der Waals surface area (Å²) in [5.41, 5.74) is 5.15. The van der Waals surface area contributed by atoms with Crippen LogP contribution in [0.1, 0.15) is 28.7 Å². The van der Waals surface area contributed by atoms with Crippen LogP contribution in [-0.2, 0) is 34.0 Å². The zero-order valence-electron chi connectivity index (χ0n) is 16.9. The quantitative estimate of drug-likeness (QED) is 0.741. The first-order valence-corrected chi connectivity index (χ1v) is 12.0. The molecule has 4 rings (SSSR count). The Hall–Kier alpha value is -1.53. The number of fused-ring (bicyclic) bond motifs is 1. The Morgan fingerprint density at radius 3 is 2.50 bits per heavy atom. The molecular formula is C23H30N2O2S. The van der Waals surface area contributed by atoms with Gasteiger partial charge in [0.05, 0.1) is 13.1 Å². The third kappa shape index (κ3) is 4.38. The number of benzene rings is 2. The van der Waals surface area contributed by atoms with E-state index in [0.29, 0.717) is 13.1 Å². The Morgan fingerprint density at radius 1 is 1.07 bits per heavy atom. The van der Waals surface area contributed by atoms with Crippen molar-refractivity contribution in [2.45, 2.75) is 32.7 Å². The van der Waals surface area contributed by atoms with E-state index in [0.717, 1.165) is 44.5 Å². The standard InChI is InChI=1S/C23H30N2O2S/c1-19-7-9-20(10-8-19)11-13-24-14-12-23(17-24)15-21-5-3-4-6-22(21)16-25(18-23)28(2,26)27/h3-10H,11-18H2,1-2H3. The lowest BCUT2D eigenvalue weighted by atomic mass is 9.80. The molecule has 0 aromatic heterocycles. The molecule has 0 radical (unpaired) electrons. The summed E-state index contributed by atoms with van der Waals surface area (Å²) in [6, 6.07) is 17.1. The van der Waals surface area contributed by atoms with E-state index in [1.165, 1.54) is 22.9 Å². The summed E-state index contributed by atoms with van der Waals surface area (Å²) in [7, 11) is -3.22. The highest BCUT2D eigenvalue weighted by Crippen LogP contribution is 2.39. The van der Waals surface area contributed by atoms with Gasteiger partial charge in [-0.2, -0.15) is 0 Å². The summed E-state index contributed by atoms with van der Waals surface area (Å²) in [6.45, 7) is 6.29. The fourth-order valence-electron chi connectivity index (χ4n) is 4.73. The molecule has 4 nitrogen and oxygen atoms in total. The van der Waals surface area contributed by atoms with E-state index in [9.17, 15) is 8.76 Å². The maximum atomic E-state index is 12.4. The number of rotatable bonds is 4. The smallest absolute Gasteiger partial charge is 0.122 e. The molecule has 2 aliphatic rings. The Kier molecular flexibility index (Phi) is 5.45. The summed E-state index contributed by atoms with van der Waals surface area (Å²) in [5, 5.41) is 0. The van der Waals surface area contributed by atoms with Gasteiger partial charge in [0, 0.05) is 18.5 Å². The summed E-state index contributed by atoms with van der Waals surface area (Å²) < 4.78 is 26.5. The van der Waals surface area contributed by atoms with Crippen molar-refractivity contribution in [1.29, 1.82) is 0 Å². The molecule has 1 fully saturated rings. The molecule has 1 saturated heterocycles. The van der Waals surface area contributed by atoms with E-state index >= 15 is 0 Å². The van der Waals surface area contributed by atoms with Crippen LogP contribution in [0.2, 0.25) is 0 Å². The van der Waals surface area contributed by atoms with Crippen LogP contribution in [0.25, 0.3) is 0 Å². The topological polar surface area (TPSA) is 46.6 Å².